The third-order valence-electron chi connectivity index (χ3n) is 4.84. The smallest absolute Gasteiger partial charge is 0.339 e. The van der Waals surface area contributed by atoms with Crippen LogP contribution in [0, 0.1) is 3.57 Å². The number of aromatic nitrogens is 1. The van der Waals surface area contributed by atoms with E-state index in [-0.39, 0.29) is 12.5 Å². The molecular formula is C22H19IN2O3. The van der Waals surface area contributed by atoms with Crippen LogP contribution in [0.2, 0.25) is 0 Å². The summed E-state index contributed by atoms with van der Waals surface area (Å²) < 4.78 is 6.46. The molecule has 1 amide bonds. The Morgan fingerprint density at radius 3 is 2.61 bits per heavy atom. The van der Waals surface area contributed by atoms with Crippen LogP contribution < -0.4 is 5.32 Å². The van der Waals surface area contributed by atoms with Crippen molar-refractivity contribution < 1.29 is 14.3 Å². The zero-order valence-corrected chi connectivity index (χ0v) is 17.4. The summed E-state index contributed by atoms with van der Waals surface area (Å²) in [5, 5.41) is 3.53. The molecule has 0 atom stereocenters. The minimum atomic E-state index is -0.463. The fourth-order valence-corrected chi connectivity index (χ4v) is 3.90. The van der Waals surface area contributed by atoms with Crippen molar-refractivity contribution in [1.29, 1.82) is 0 Å². The second-order valence-corrected chi connectivity index (χ2v) is 8.01. The van der Waals surface area contributed by atoms with Gasteiger partial charge in [-0.1, -0.05) is 18.2 Å². The number of aryl methyl sites for hydroxylation is 1. The molecule has 0 aliphatic heterocycles. The summed E-state index contributed by atoms with van der Waals surface area (Å²) in [7, 11) is 0. The number of pyridine rings is 1. The first-order chi connectivity index (χ1) is 13.6. The number of hydrogen-bond acceptors (Lipinski definition) is 4. The Balaban J connectivity index is 1.54. The number of carbonyl (C=O) groups is 2. The number of hydrogen-bond donors (Lipinski definition) is 1. The van der Waals surface area contributed by atoms with Gasteiger partial charge in [0.25, 0.3) is 5.91 Å². The van der Waals surface area contributed by atoms with Gasteiger partial charge in [0.15, 0.2) is 6.61 Å². The number of anilines is 1. The number of amides is 1. The SMILES string of the molecule is O=C(COC(=O)c1c2c(nc3ccccc13)CCCC2)Nc1ccc(I)cc1. The molecule has 1 heterocycles. The highest BCUT2D eigenvalue weighted by atomic mass is 127. The van der Waals surface area contributed by atoms with E-state index in [1.165, 1.54) is 0 Å². The van der Waals surface area contributed by atoms with E-state index in [9.17, 15) is 9.59 Å². The first-order valence-corrected chi connectivity index (χ1v) is 10.3. The Morgan fingerprint density at radius 2 is 1.79 bits per heavy atom. The predicted molar refractivity (Wildman–Crippen MR) is 116 cm³/mol. The maximum absolute atomic E-state index is 12.9. The van der Waals surface area contributed by atoms with Gasteiger partial charge in [-0.25, -0.2) is 4.79 Å². The summed E-state index contributed by atoms with van der Waals surface area (Å²) in [4.78, 5) is 29.8. The van der Waals surface area contributed by atoms with Crippen LogP contribution in [-0.2, 0) is 22.4 Å². The molecule has 0 saturated heterocycles. The normalized spacial score (nSPS) is 13.0. The van der Waals surface area contributed by atoms with Crippen molar-refractivity contribution >= 4 is 51.1 Å². The molecule has 28 heavy (non-hydrogen) atoms. The van der Waals surface area contributed by atoms with E-state index in [1.807, 2.05) is 48.5 Å². The number of ether oxygens (including phenoxy) is 1. The molecule has 0 unspecified atom stereocenters. The van der Waals surface area contributed by atoms with Gasteiger partial charge < -0.3 is 10.1 Å². The fraction of sp³-hybridized carbons (Fsp3) is 0.227. The fourth-order valence-electron chi connectivity index (χ4n) is 3.54. The van der Waals surface area contributed by atoms with Crippen LogP contribution in [0.1, 0.15) is 34.5 Å². The van der Waals surface area contributed by atoms with Crippen LogP contribution in [0.4, 0.5) is 5.69 Å². The zero-order valence-electron chi connectivity index (χ0n) is 15.2. The molecule has 1 aliphatic carbocycles. The number of esters is 1. The zero-order chi connectivity index (χ0) is 19.5. The van der Waals surface area contributed by atoms with Gasteiger partial charge in [-0.05, 0) is 84.2 Å². The van der Waals surface area contributed by atoms with Gasteiger partial charge in [0.1, 0.15) is 0 Å². The molecule has 0 spiro atoms. The minimum absolute atomic E-state index is 0.323. The highest BCUT2D eigenvalue weighted by molar-refractivity contribution is 14.1. The van der Waals surface area contributed by atoms with E-state index < -0.39 is 5.97 Å². The van der Waals surface area contributed by atoms with Gasteiger partial charge >= 0.3 is 5.97 Å². The quantitative estimate of drug-likeness (QED) is 0.435. The first kappa shape index (κ1) is 18.9. The molecule has 2 aromatic carbocycles. The average molecular weight is 486 g/mol. The topological polar surface area (TPSA) is 68.3 Å². The van der Waals surface area contributed by atoms with Crippen molar-refractivity contribution in [2.24, 2.45) is 0 Å². The number of halogens is 1. The Morgan fingerprint density at radius 1 is 1.04 bits per heavy atom. The number of rotatable bonds is 4. The lowest BCUT2D eigenvalue weighted by Crippen LogP contribution is -2.22. The summed E-state index contributed by atoms with van der Waals surface area (Å²) in [5.41, 5.74) is 3.96. The van der Waals surface area contributed by atoms with Gasteiger partial charge in [0, 0.05) is 20.3 Å². The van der Waals surface area contributed by atoms with E-state index >= 15 is 0 Å². The molecule has 0 radical (unpaired) electrons. The summed E-state index contributed by atoms with van der Waals surface area (Å²) in [6.45, 7) is -0.323. The maximum atomic E-state index is 12.9. The molecule has 5 nitrogen and oxygen atoms in total. The van der Waals surface area contributed by atoms with E-state index in [0.717, 1.165) is 51.4 Å². The van der Waals surface area contributed by atoms with Crippen LogP contribution in [0.3, 0.4) is 0 Å². The lowest BCUT2D eigenvalue weighted by atomic mass is 9.90. The number of carbonyl (C=O) groups excluding carboxylic acids is 2. The third kappa shape index (κ3) is 4.01. The van der Waals surface area contributed by atoms with Crippen molar-refractivity contribution in [3.05, 3.63) is 68.9 Å². The molecular weight excluding hydrogens is 467 g/mol. The van der Waals surface area contributed by atoms with Gasteiger partial charge in [-0.2, -0.15) is 0 Å². The summed E-state index contributed by atoms with van der Waals surface area (Å²) in [6.07, 6.45) is 3.78. The number of nitrogens with one attached hydrogen (secondary N) is 1. The highest BCUT2D eigenvalue weighted by Crippen LogP contribution is 2.29. The van der Waals surface area contributed by atoms with Crippen molar-refractivity contribution in [3.8, 4) is 0 Å². The molecule has 4 rings (SSSR count). The maximum Gasteiger partial charge on any atom is 0.339 e. The standard InChI is InChI=1S/C22H19IN2O3/c23-14-9-11-15(12-10-14)24-20(26)13-28-22(27)21-16-5-1-3-7-18(16)25-19-8-4-2-6-17(19)21/h1,3,5,7,9-12H,2,4,6,8,13H2,(H,24,26). The van der Waals surface area contributed by atoms with E-state index in [2.05, 4.69) is 27.9 Å². The van der Waals surface area contributed by atoms with Gasteiger partial charge in [-0.3, -0.25) is 9.78 Å². The molecule has 0 saturated carbocycles. The molecule has 3 aromatic rings. The van der Waals surface area contributed by atoms with Crippen LogP contribution in [0.5, 0.6) is 0 Å². The monoisotopic (exact) mass is 486 g/mol. The average Bonchev–Trinajstić information content (AvgIpc) is 2.72. The van der Waals surface area contributed by atoms with Crippen LogP contribution in [0.25, 0.3) is 10.9 Å². The molecule has 0 bridgehead atoms. The molecule has 142 valence electrons. The van der Waals surface area contributed by atoms with Crippen molar-refractivity contribution in [1.82, 2.24) is 4.98 Å². The van der Waals surface area contributed by atoms with Crippen molar-refractivity contribution in [2.45, 2.75) is 25.7 Å². The number of para-hydroxylation sites is 1. The molecule has 1 aliphatic rings. The van der Waals surface area contributed by atoms with E-state index in [4.69, 9.17) is 9.72 Å². The number of fused-ring (bicyclic) bond motifs is 2. The van der Waals surface area contributed by atoms with Crippen molar-refractivity contribution in [2.75, 3.05) is 11.9 Å². The van der Waals surface area contributed by atoms with Crippen LogP contribution in [0.15, 0.2) is 48.5 Å². The number of benzene rings is 2. The van der Waals surface area contributed by atoms with Crippen LogP contribution >= 0.6 is 22.6 Å². The van der Waals surface area contributed by atoms with Gasteiger partial charge in [0.2, 0.25) is 0 Å². The Kier molecular flexibility index (Phi) is 5.57. The Labute approximate surface area is 176 Å². The lowest BCUT2D eigenvalue weighted by Gasteiger charge is -2.19. The molecule has 6 heteroatoms. The Hall–Kier alpha value is -2.48. The third-order valence-corrected chi connectivity index (χ3v) is 5.55. The van der Waals surface area contributed by atoms with Crippen LogP contribution in [-0.4, -0.2) is 23.5 Å². The van der Waals surface area contributed by atoms with E-state index in [0.29, 0.717) is 11.3 Å². The second kappa shape index (κ2) is 8.26. The minimum Gasteiger partial charge on any atom is -0.452 e. The van der Waals surface area contributed by atoms with E-state index in [1.54, 1.807) is 0 Å². The Bertz CT molecular complexity index is 1050. The molecule has 1 N–H and O–H groups in total. The van der Waals surface area contributed by atoms with Gasteiger partial charge in [0.05, 0.1) is 11.1 Å². The van der Waals surface area contributed by atoms with Crippen molar-refractivity contribution in [3.63, 3.8) is 0 Å². The molecule has 0 fully saturated rings. The first-order valence-electron chi connectivity index (χ1n) is 9.25. The second-order valence-electron chi connectivity index (χ2n) is 6.77. The predicted octanol–water partition coefficient (Wildman–Crippen LogP) is 4.51. The van der Waals surface area contributed by atoms with Gasteiger partial charge in [-0.15, -0.1) is 0 Å². The molecule has 1 aromatic heterocycles. The summed E-state index contributed by atoms with van der Waals surface area (Å²) in [6, 6.07) is 15.0. The lowest BCUT2D eigenvalue weighted by molar-refractivity contribution is -0.119. The largest absolute Gasteiger partial charge is 0.452 e. The summed E-state index contributed by atoms with van der Waals surface area (Å²) >= 11 is 2.20. The highest BCUT2D eigenvalue weighted by Gasteiger charge is 2.24. The number of nitrogens with zero attached hydrogens (tertiary/aromatic N) is 1. The summed E-state index contributed by atoms with van der Waals surface area (Å²) in [5.74, 6) is -0.823.